The van der Waals surface area contributed by atoms with Crippen LogP contribution in [-0.4, -0.2) is 35.5 Å². The zero-order valence-electron chi connectivity index (χ0n) is 11.1. The molecule has 2 N–H and O–H groups in total. The summed E-state index contributed by atoms with van der Waals surface area (Å²) < 4.78 is 14.1. The number of anilines is 1. The third-order valence-corrected chi connectivity index (χ3v) is 3.09. The first-order valence-electron chi connectivity index (χ1n) is 6.66. The maximum Gasteiger partial charge on any atom is 0.268 e. The van der Waals surface area contributed by atoms with Crippen molar-refractivity contribution in [3.05, 3.63) is 23.6 Å². The van der Waals surface area contributed by atoms with Gasteiger partial charge in [-0.15, -0.1) is 0 Å². The summed E-state index contributed by atoms with van der Waals surface area (Å²) in [5.41, 5.74) is 2.77. The van der Waals surface area contributed by atoms with Crippen LogP contribution in [0.3, 0.4) is 0 Å². The van der Waals surface area contributed by atoms with E-state index >= 15 is 0 Å². The molecule has 5 nitrogen and oxygen atoms in total. The monoisotopic (exact) mass is 266 g/mol. The molecule has 1 amide bonds. The van der Waals surface area contributed by atoms with Gasteiger partial charge in [0.15, 0.2) is 11.6 Å². The van der Waals surface area contributed by atoms with E-state index in [-0.39, 0.29) is 11.4 Å². The number of carbonyl (C=O) groups is 1. The second-order valence-electron chi connectivity index (χ2n) is 4.54. The van der Waals surface area contributed by atoms with E-state index in [9.17, 15) is 9.18 Å². The van der Waals surface area contributed by atoms with Crippen LogP contribution in [0.1, 0.15) is 36.5 Å². The number of hydrogen-bond donors (Lipinski definition) is 2. The number of hydrazine groups is 1. The van der Waals surface area contributed by atoms with E-state index in [1.165, 1.54) is 18.7 Å². The lowest BCUT2D eigenvalue weighted by Crippen LogP contribution is -2.45. The van der Waals surface area contributed by atoms with Crippen molar-refractivity contribution in [3.8, 4) is 0 Å². The van der Waals surface area contributed by atoms with E-state index in [1.807, 2.05) is 11.9 Å². The lowest BCUT2D eigenvalue weighted by atomic mass is 10.2. The molecule has 0 atom stereocenters. The molecule has 104 valence electrons. The average Bonchev–Trinajstić information content (AvgIpc) is 2.42. The molecule has 0 unspecified atom stereocenters. The number of amides is 1. The van der Waals surface area contributed by atoms with Crippen molar-refractivity contribution in [2.45, 2.75) is 26.2 Å². The van der Waals surface area contributed by atoms with E-state index in [0.717, 1.165) is 25.9 Å². The molecule has 1 fully saturated rings. The Bertz CT molecular complexity index is 446. The Balaban J connectivity index is 2.07. The number of piperidine rings is 1. The number of nitrogens with one attached hydrogen (secondary N) is 2. The Morgan fingerprint density at radius 2 is 2.16 bits per heavy atom. The molecule has 0 saturated carbocycles. The lowest BCUT2D eigenvalue weighted by molar-refractivity contribution is 0.0746. The first-order valence-corrected chi connectivity index (χ1v) is 6.66. The highest BCUT2D eigenvalue weighted by molar-refractivity contribution is 5.94. The summed E-state index contributed by atoms with van der Waals surface area (Å²) in [4.78, 5) is 15.9. The largest absolute Gasteiger partial charge is 0.368 e. The zero-order valence-corrected chi connectivity index (χ0v) is 11.1. The van der Waals surface area contributed by atoms with Gasteiger partial charge in [-0.1, -0.05) is 6.42 Å². The number of halogens is 1. The Labute approximate surface area is 112 Å². The fourth-order valence-corrected chi connectivity index (χ4v) is 2.12. The average molecular weight is 266 g/mol. The topological polar surface area (TPSA) is 57.3 Å². The summed E-state index contributed by atoms with van der Waals surface area (Å²) in [5, 5.41) is 4.64. The lowest BCUT2D eigenvalue weighted by Gasteiger charge is -2.26. The first kappa shape index (κ1) is 13.7. The minimum atomic E-state index is -0.598. The minimum Gasteiger partial charge on any atom is -0.368 e. The summed E-state index contributed by atoms with van der Waals surface area (Å²) in [7, 11) is 0. The predicted molar refractivity (Wildman–Crippen MR) is 71.2 cm³/mol. The van der Waals surface area contributed by atoms with Gasteiger partial charge in [-0.2, -0.15) is 0 Å². The molecule has 19 heavy (non-hydrogen) atoms. The molecule has 1 aliphatic heterocycles. The maximum absolute atomic E-state index is 14.1. The summed E-state index contributed by atoms with van der Waals surface area (Å²) in [6, 6.07) is 1.40. The molecule has 0 bridgehead atoms. The van der Waals surface area contributed by atoms with Gasteiger partial charge in [0, 0.05) is 25.8 Å². The Hall–Kier alpha value is -1.69. The van der Waals surface area contributed by atoms with Gasteiger partial charge in [0.05, 0.1) is 5.56 Å². The second-order valence-corrected chi connectivity index (χ2v) is 4.54. The number of rotatable bonds is 4. The molecule has 1 aromatic heterocycles. The molecule has 2 rings (SSSR count). The summed E-state index contributed by atoms with van der Waals surface area (Å²) in [6.07, 6.45) is 4.73. The smallest absolute Gasteiger partial charge is 0.268 e. The van der Waals surface area contributed by atoms with Crippen LogP contribution in [0, 0.1) is 5.82 Å². The van der Waals surface area contributed by atoms with Crippen molar-refractivity contribution < 1.29 is 9.18 Å². The molecule has 1 aliphatic rings. The van der Waals surface area contributed by atoms with Crippen LogP contribution in [0.2, 0.25) is 0 Å². The fraction of sp³-hybridized carbons (Fsp3) is 0.538. The quantitative estimate of drug-likeness (QED) is 0.872. The number of carbonyl (C=O) groups excluding carboxylic acids is 1. The Morgan fingerprint density at radius 1 is 1.42 bits per heavy atom. The highest BCUT2D eigenvalue weighted by Crippen LogP contribution is 2.15. The molecule has 1 aromatic rings. The minimum absolute atomic E-state index is 0.0246. The van der Waals surface area contributed by atoms with Gasteiger partial charge in [-0.05, 0) is 25.8 Å². The Morgan fingerprint density at radius 3 is 2.84 bits per heavy atom. The van der Waals surface area contributed by atoms with Crippen LogP contribution in [0.25, 0.3) is 0 Å². The number of nitrogens with zero attached hydrogens (tertiary/aromatic N) is 2. The van der Waals surface area contributed by atoms with Crippen molar-refractivity contribution >= 4 is 11.7 Å². The van der Waals surface area contributed by atoms with Crippen molar-refractivity contribution in [3.63, 3.8) is 0 Å². The molecule has 6 heteroatoms. The van der Waals surface area contributed by atoms with Crippen LogP contribution < -0.4 is 10.7 Å². The Kier molecular flexibility index (Phi) is 4.68. The predicted octanol–water partition coefficient (Wildman–Crippen LogP) is 1.78. The van der Waals surface area contributed by atoms with Crippen LogP contribution in [-0.2, 0) is 0 Å². The van der Waals surface area contributed by atoms with Crippen LogP contribution >= 0.6 is 0 Å². The van der Waals surface area contributed by atoms with Crippen molar-refractivity contribution in [2.75, 3.05) is 25.0 Å². The third-order valence-electron chi connectivity index (χ3n) is 3.09. The van der Waals surface area contributed by atoms with Gasteiger partial charge < -0.3 is 5.32 Å². The van der Waals surface area contributed by atoms with Crippen LogP contribution in [0.5, 0.6) is 0 Å². The van der Waals surface area contributed by atoms with Gasteiger partial charge in [0.2, 0.25) is 0 Å². The molecular weight excluding hydrogens is 247 g/mol. The van der Waals surface area contributed by atoms with Crippen molar-refractivity contribution in [1.29, 1.82) is 0 Å². The van der Waals surface area contributed by atoms with Gasteiger partial charge in [0.1, 0.15) is 0 Å². The summed E-state index contributed by atoms with van der Waals surface area (Å²) in [6.45, 7) is 4.04. The van der Waals surface area contributed by atoms with E-state index in [4.69, 9.17) is 0 Å². The van der Waals surface area contributed by atoms with Gasteiger partial charge in [0.25, 0.3) is 5.91 Å². The fourth-order valence-electron chi connectivity index (χ4n) is 2.12. The standard InChI is InChI=1S/C13H19FN4O/c1-2-15-12-11(14)10(6-7-16-12)13(19)17-18-8-4-3-5-9-18/h6-7H,2-5,8-9H2,1H3,(H,15,16)(H,17,19). The van der Waals surface area contributed by atoms with Crippen molar-refractivity contribution in [2.24, 2.45) is 0 Å². The van der Waals surface area contributed by atoms with Crippen LogP contribution in [0.15, 0.2) is 12.3 Å². The third kappa shape index (κ3) is 3.41. The number of hydrogen-bond acceptors (Lipinski definition) is 4. The molecule has 0 aliphatic carbocycles. The normalized spacial score (nSPS) is 16.1. The van der Waals surface area contributed by atoms with Gasteiger partial charge in [-0.25, -0.2) is 14.4 Å². The molecule has 0 aromatic carbocycles. The molecule has 2 heterocycles. The summed E-state index contributed by atoms with van der Waals surface area (Å²) >= 11 is 0. The van der Waals surface area contributed by atoms with Gasteiger partial charge >= 0.3 is 0 Å². The molecule has 1 saturated heterocycles. The maximum atomic E-state index is 14.1. The van der Waals surface area contributed by atoms with E-state index in [1.54, 1.807) is 0 Å². The number of aromatic nitrogens is 1. The highest BCUT2D eigenvalue weighted by atomic mass is 19.1. The zero-order chi connectivity index (χ0) is 13.7. The van der Waals surface area contributed by atoms with Gasteiger partial charge in [-0.3, -0.25) is 10.2 Å². The van der Waals surface area contributed by atoms with Crippen molar-refractivity contribution in [1.82, 2.24) is 15.4 Å². The first-order chi connectivity index (χ1) is 9.22. The summed E-state index contributed by atoms with van der Waals surface area (Å²) in [5.74, 6) is -0.895. The molecule has 0 spiro atoms. The van der Waals surface area contributed by atoms with E-state index in [0.29, 0.717) is 6.54 Å². The second kappa shape index (κ2) is 6.47. The number of pyridine rings is 1. The van der Waals surface area contributed by atoms with Crippen LogP contribution in [0.4, 0.5) is 10.2 Å². The molecular formula is C13H19FN4O. The van der Waals surface area contributed by atoms with E-state index < -0.39 is 11.7 Å². The highest BCUT2D eigenvalue weighted by Gasteiger charge is 2.19. The SMILES string of the molecule is CCNc1nccc(C(=O)NN2CCCCC2)c1F. The molecule has 0 radical (unpaired) electrons. The van der Waals surface area contributed by atoms with E-state index in [2.05, 4.69) is 15.7 Å².